The maximum absolute atomic E-state index is 12.2. The van der Waals surface area contributed by atoms with Crippen molar-refractivity contribution in [2.75, 3.05) is 18.0 Å². The van der Waals surface area contributed by atoms with Crippen molar-refractivity contribution in [2.45, 2.75) is 25.8 Å². The summed E-state index contributed by atoms with van der Waals surface area (Å²) in [5.41, 5.74) is 2.81. The molecule has 1 aliphatic rings. The van der Waals surface area contributed by atoms with Gasteiger partial charge < -0.3 is 10.2 Å². The van der Waals surface area contributed by atoms with Crippen LogP contribution in [0.25, 0.3) is 10.2 Å². The van der Waals surface area contributed by atoms with E-state index in [0.717, 1.165) is 36.6 Å². The number of aryl methyl sites for hydroxylation is 2. The Hall–Kier alpha value is -2.41. The maximum Gasteiger partial charge on any atom is 0.271 e. The number of thiazole rings is 1. The number of hydrogen-bond donors (Lipinski definition) is 1. The van der Waals surface area contributed by atoms with Gasteiger partial charge in [0.05, 0.1) is 10.2 Å². The number of rotatable bonds is 3. The highest BCUT2D eigenvalue weighted by Gasteiger charge is 2.23. The molecule has 4 rings (SSSR count). The van der Waals surface area contributed by atoms with E-state index in [1.54, 1.807) is 28.3 Å². The van der Waals surface area contributed by atoms with Crippen molar-refractivity contribution in [2.24, 2.45) is 7.05 Å². The highest BCUT2D eigenvalue weighted by molar-refractivity contribution is 7.22. The molecule has 6 nitrogen and oxygen atoms in total. The molecule has 0 radical (unpaired) electrons. The molecule has 1 aromatic carbocycles. The third-order valence-electron chi connectivity index (χ3n) is 4.58. The third-order valence-corrected chi connectivity index (χ3v) is 5.66. The molecular formula is C18H21N5OS. The summed E-state index contributed by atoms with van der Waals surface area (Å²) < 4.78 is 2.88. The smallest absolute Gasteiger partial charge is 0.271 e. The molecule has 0 bridgehead atoms. The minimum atomic E-state index is -0.0884. The zero-order valence-electron chi connectivity index (χ0n) is 14.4. The summed E-state index contributed by atoms with van der Waals surface area (Å²) in [5.74, 6) is -0.0884. The van der Waals surface area contributed by atoms with Gasteiger partial charge in [-0.3, -0.25) is 9.48 Å². The van der Waals surface area contributed by atoms with Crippen LogP contribution < -0.4 is 10.2 Å². The Morgan fingerprint density at radius 3 is 2.80 bits per heavy atom. The van der Waals surface area contributed by atoms with E-state index in [9.17, 15) is 4.79 Å². The first-order chi connectivity index (χ1) is 12.1. The number of carbonyl (C=O) groups excluding carboxylic acids is 1. The number of benzene rings is 1. The first-order valence-electron chi connectivity index (χ1n) is 8.51. The number of carbonyl (C=O) groups is 1. The van der Waals surface area contributed by atoms with Gasteiger partial charge in [-0.05, 0) is 43.5 Å². The van der Waals surface area contributed by atoms with E-state index in [0.29, 0.717) is 5.69 Å². The predicted octanol–water partition coefficient (Wildman–Crippen LogP) is 2.74. The summed E-state index contributed by atoms with van der Waals surface area (Å²) in [6, 6.07) is 8.32. The molecule has 3 aromatic rings. The molecule has 0 atom stereocenters. The summed E-state index contributed by atoms with van der Waals surface area (Å²) in [7, 11) is 1.81. The summed E-state index contributed by atoms with van der Waals surface area (Å²) in [5, 5.41) is 8.33. The van der Waals surface area contributed by atoms with Gasteiger partial charge in [0.1, 0.15) is 5.69 Å². The van der Waals surface area contributed by atoms with Crippen LogP contribution >= 0.6 is 11.3 Å². The summed E-state index contributed by atoms with van der Waals surface area (Å²) in [6.07, 6.45) is 3.63. The van der Waals surface area contributed by atoms with Crippen molar-refractivity contribution < 1.29 is 4.79 Å². The van der Waals surface area contributed by atoms with Gasteiger partial charge in [0.2, 0.25) is 0 Å². The minimum absolute atomic E-state index is 0.0884. The fraction of sp³-hybridized carbons (Fsp3) is 0.389. The molecule has 0 spiro atoms. The fourth-order valence-electron chi connectivity index (χ4n) is 3.17. The Balaban J connectivity index is 1.38. The summed E-state index contributed by atoms with van der Waals surface area (Å²) in [4.78, 5) is 19.3. The van der Waals surface area contributed by atoms with Crippen LogP contribution in [0.1, 0.15) is 28.9 Å². The number of hydrogen-bond acceptors (Lipinski definition) is 5. The number of aromatic nitrogens is 3. The molecule has 1 fully saturated rings. The number of anilines is 1. The second-order valence-electron chi connectivity index (χ2n) is 6.58. The van der Waals surface area contributed by atoms with Crippen molar-refractivity contribution >= 4 is 32.6 Å². The van der Waals surface area contributed by atoms with Crippen molar-refractivity contribution in [3.63, 3.8) is 0 Å². The molecular weight excluding hydrogens is 334 g/mol. The summed E-state index contributed by atoms with van der Waals surface area (Å²) in [6.45, 7) is 3.92. The van der Waals surface area contributed by atoms with Gasteiger partial charge >= 0.3 is 0 Å². The molecule has 2 aromatic heterocycles. The van der Waals surface area contributed by atoms with Gasteiger partial charge in [0.25, 0.3) is 5.91 Å². The Morgan fingerprint density at radius 2 is 2.08 bits per heavy atom. The van der Waals surface area contributed by atoms with E-state index in [2.05, 4.69) is 40.4 Å². The molecule has 0 unspecified atom stereocenters. The first-order valence-corrected chi connectivity index (χ1v) is 9.33. The van der Waals surface area contributed by atoms with Gasteiger partial charge in [0.15, 0.2) is 5.13 Å². The van der Waals surface area contributed by atoms with Crippen LogP contribution in [0.4, 0.5) is 5.13 Å². The van der Waals surface area contributed by atoms with Gasteiger partial charge in [-0.1, -0.05) is 17.4 Å². The van der Waals surface area contributed by atoms with Crippen molar-refractivity contribution in [3.05, 3.63) is 41.7 Å². The molecule has 1 N–H and O–H groups in total. The van der Waals surface area contributed by atoms with Gasteiger partial charge in [0, 0.05) is 32.4 Å². The van der Waals surface area contributed by atoms with Crippen LogP contribution in [0.15, 0.2) is 30.5 Å². The topological polar surface area (TPSA) is 63.1 Å². The van der Waals surface area contributed by atoms with E-state index < -0.39 is 0 Å². The van der Waals surface area contributed by atoms with E-state index in [1.807, 2.05) is 7.05 Å². The second kappa shape index (κ2) is 6.48. The third kappa shape index (κ3) is 3.37. The highest BCUT2D eigenvalue weighted by Crippen LogP contribution is 2.31. The number of nitrogens with zero attached hydrogens (tertiary/aromatic N) is 4. The van der Waals surface area contributed by atoms with Crippen LogP contribution in [-0.2, 0) is 7.05 Å². The van der Waals surface area contributed by atoms with Crippen LogP contribution in [-0.4, -0.2) is 39.8 Å². The number of fused-ring (bicyclic) bond motifs is 1. The fourth-order valence-corrected chi connectivity index (χ4v) is 4.28. The highest BCUT2D eigenvalue weighted by atomic mass is 32.1. The zero-order valence-corrected chi connectivity index (χ0v) is 15.2. The van der Waals surface area contributed by atoms with Gasteiger partial charge in [-0.15, -0.1) is 0 Å². The van der Waals surface area contributed by atoms with Crippen LogP contribution in [0.5, 0.6) is 0 Å². The van der Waals surface area contributed by atoms with Crippen molar-refractivity contribution in [1.29, 1.82) is 0 Å². The molecule has 1 saturated heterocycles. The van der Waals surface area contributed by atoms with Gasteiger partial charge in [-0.2, -0.15) is 5.10 Å². The second-order valence-corrected chi connectivity index (χ2v) is 7.59. The van der Waals surface area contributed by atoms with Crippen molar-refractivity contribution in [1.82, 2.24) is 20.1 Å². The molecule has 0 aliphatic carbocycles. The molecule has 130 valence electrons. The van der Waals surface area contributed by atoms with E-state index in [-0.39, 0.29) is 11.9 Å². The van der Waals surface area contributed by atoms with Crippen LogP contribution in [0, 0.1) is 6.92 Å². The Bertz CT molecular complexity index is 907. The molecule has 1 amide bonds. The van der Waals surface area contributed by atoms with Crippen LogP contribution in [0.2, 0.25) is 0 Å². The lowest BCUT2D eigenvalue weighted by molar-refractivity contribution is 0.0925. The van der Waals surface area contributed by atoms with Gasteiger partial charge in [-0.25, -0.2) is 4.98 Å². The quantitative estimate of drug-likeness (QED) is 0.785. The Labute approximate surface area is 150 Å². The van der Waals surface area contributed by atoms with E-state index in [1.165, 1.54) is 10.3 Å². The number of amides is 1. The molecule has 25 heavy (non-hydrogen) atoms. The lowest BCUT2D eigenvalue weighted by Gasteiger charge is -2.31. The van der Waals surface area contributed by atoms with E-state index in [4.69, 9.17) is 4.98 Å². The SMILES string of the molecule is Cc1ccc2nc(N3CCC(NC(=O)c4ccn(C)n4)CC3)sc2c1. The van der Waals surface area contributed by atoms with Crippen LogP contribution in [0.3, 0.4) is 0 Å². The standard InChI is InChI=1S/C18H21N5OS/c1-12-3-4-14-16(11-12)25-18(20-14)23-9-5-13(6-10-23)19-17(24)15-7-8-22(2)21-15/h3-4,7-8,11,13H,5-6,9-10H2,1-2H3,(H,19,24). The Morgan fingerprint density at radius 1 is 1.28 bits per heavy atom. The predicted molar refractivity (Wildman–Crippen MR) is 100 cm³/mol. The molecule has 0 saturated carbocycles. The zero-order chi connectivity index (χ0) is 17.4. The first kappa shape index (κ1) is 16.1. The molecule has 1 aliphatic heterocycles. The normalized spacial score (nSPS) is 15.7. The minimum Gasteiger partial charge on any atom is -0.348 e. The Kier molecular flexibility index (Phi) is 4.17. The number of nitrogens with one attached hydrogen (secondary N) is 1. The lowest BCUT2D eigenvalue weighted by atomic mass is 10.1. The summed E-state index contributed by atoms with van der Waals surface area (Å²) >= 11 is 1.75. The molecule has 7 heteroatoms. The number of piperidine rings is 1. The van der Waals surface area contributed by atoms with E-state index >= 15 is 0 Å². The average Bonchev–Trinajstić information content (AvgIpc) is 3.21. The molecule has 3 heterocycles. The largest absolute Gasteiger partial charge is 0.348 e. The monoisotopic (exact) mass is 355 g/mol. The average molecular weight is 355 g/mol. The van der Waals surface area contributed by atoms with Crippen molar-refractivity contribution in [3.8, 4) is 0 Å². The lowest BCUT2D eigenvalue weighted by Crippen LogP contribution is -2.44. The maximum atomic E-state index is 12.2.